The third kappa shape index (κ3) is 2.68. The quantitative estimate of drug-likeness (QED) is 0.864. The van der Waals surface area contributed by atoms with Crippen LogP contribution in [0.15, 0.2) is 11.2 Å². The number of rotatable bonds is 5. The summed E-state index contributed by atoms with van der Waals surface area (Å²) >= 11 is 0. The van der Waals surface area contributed by atoms with Crippen molar-refractivity contribution in [2.45, 2.75) is 50.7 Å². The summed E-state index contributed by atoms with van der Waals surface area (Å²) in [6.45, 7) is 5.59. The van der Waals surface area contributed by atoms with Crippen molar-refractivity contribution in [3.63, 3.8) is 0 Å². The molecular formula is C12H22N4O2S. The molecule has 2 rings (SSSR count). The number of imidazole rings is 1. The number of nitrogens with two attached hydrogens (primary N) is 1. The molecule has 6 nitrogen and oxygen atoms in total. The molecule has 1 atom stereocenters. The summed E-state index contributed by atoms with van der Waals surface area (Å²) in [5, 5.41) is 0.152. The van der Waals surface area contributed by atoms with Crippen molar-refractivity contribution in [1.82, 2.24) is 13.9 Å². The van der Waals surface area contributed by atoms with E-state index in [0.29, 0.717) is 13.1 Å². The number of nitrogens with zero attached hydrogens (tertiary/aromatic N) is 3. The van der Waals surface area contributed by atoms with Crippen molar-refractivity contribution in [3.8, 4) is 0 Å². The lowest BCUT2D eigenvalue weighted by Crippen LogP contribution is -2.40. The van der Waals surface area contributed by atoms with Gasteiger partial charge in [-0.3, -0.25) is 0 Å². The average molecular weight is 286 g/mol. The Morgan fingerprint density at radius 1 is 1.53 bits per heavy atom. The largest absolute Gasteiger partial charge is 0.334 e. The summed E-state index contributed by atoms with van der Waals surface area (Å²) in [5.41, 5.74) is 5.65. The van der Waals surface area contributed by atoms with Crippen molar-refractivity contribution in [2.24, 2.45) is 5.73 Å². The van der Waals surface area contributed by atoms with Gasteiger partial charge in [0.25, 0.3) is 10.0 Å². The van der Waals surface area contributed by atoms with E-state index >= 15 is 0 Å². The molecule has 1 saturated heterocycles. The molecule has 19 heavy (non-hydrogen) atoms. The fourth-order valence-electron chi connectivity index (χ4n) is 2.55. The molecule has 1 aliphatic rings. The molecule has 0 spiro atoms. The van der Waals surface area contributed by atoms with Gasteiger partial charge in [0.2, 0.25) is 0 Å². The minimum atomic E-state index is -3.50. The maximum absolute atomic E-state index is 12.6. The van der Waals surface area contributed by atoms with Crippen molar-refractivity contribution in [2.75, 3.05) is 13.1 Å². The van der Waals surface area contributed by atoms with E-state index in [-0.39, 0.29) is 11.1 Å². The predicted octanol–water partition coefficient (Wildman–Crippen LogP) is 0.713. The first-order chi connectivity index (χ1) is 9.00. The molecule has 2 N–H and O–H groups in total. The van der Waals surface area contributed by atoms with Gasteiger partial charge in [0.05, 0.1) is 0 Å². The van der Waals surface area contributed by atoms with E-state index in [0.717, 1.165) is 31.6 Å². The Labute approximate surface area is 114 Å². The van der Waals surface area contributed by atoms with Crippen LogP contribution in [-0.2, 0) is 16.6 Å². The summed E-state index contributed by atoms with van der Waals surface area (Å²) in [5.74, 6) is 0.740. The van der Waals surface area contributed by atoms with Gasteiger partial charge >= 0.3 is 0 Å². The Balaban J connectivity index is 2.31. The van der Waals surface area contributed by atoms with Crippen molar-refractivity contribution in [3.05, 3.63) is 12.0 Å². The number of hydrogen-bond donors (Lipinski definition) is 1. The SMILES string of the molecule is CCCn1cc(S(=O)(=O)N2CCCC2CN)nc1C. The minimum absolute atomic E-state index is 0.0818. The molecule has 0 aliphatic carbocycles. The van der Waals surface area contributed by atoms with Crippen LogP contribution < -0.4 is 5.73 Å². The van der Waals surface area contributed by atoms with Gasteiger partial charge in [-0.15, -0.1) is 0 Å². The van der Waals surface area contributed by atoms with Crippen molar-refractivity contribution in [1.29, 1.82) is 0 Å². The standard InChI is InChI=1S/C12H22N4O2S/c1-3-6-15-9-12(14-10(15)2)19(17,18)16-7-4-5-11(16)8-13/h9,11H,3-8,13H2,1-2H3. The first kappa shape index (κ1) is 14.5. The van der Waals surface area contributed by atoms with Crippen LogP contribution >= 0.6 is 0 Å². The van der Waals surface area contributed by atoms with Gasteiger partial charge in [0.1, 0.15) is 5.82 Å². The van der Waals surface area contributed by atoms with E-state index in [9.17, 15) is 8.42 Å². The van der Waals surface area contributed by atoms with Crippen LogP contribution in [0.4, 0.5) is 0 Å². The lowest BCUT2D eigenvalue weighted by Gasteiger charge is -2.21. The predicted molar refractivity (Wildman–Crippen MR) is 73.2 cm³/mol. The summed E-state index contributed by atoms with van der Waals surface area (Å²) in [6, 6.07) is -0.0818. The summed E-state index contributed by atoms with van der Waals surface area (Å²) in [7, 11) is -3.50. The molecule has 0 amide bonds. The van der Waals surface area contributed by atoms with Crippen molar-refractivity contribution >= 4 is 10.0 Å². The van der Waals surface area contributed by atoms with E-state index in [1.54, 1.807) is 6.20 Å². The molecule has 0 bridgehead atoms. The number of aromatic nitrogens is 2. The summed E-state index contributed by atoms with van der Waals surface area (Å²) in [6.07, 6.45) is 4.30. The molecule has 0 saturated carbocycles. The molecule has 7 heteroatoms. The first-order valence-electron chi connectivity index (χ1n) is 6.76. The summed E-state index contributed by atoms with van der Waals surface area (Å²) in [4.78, 5) is 4.21. The highest BCUT2D eigenvalue weighted by Gasteiger charge is 2.36. The third-order valence-corrected chi connectivity index (χ3v) is 5.41. The molecule has 108 valence electrons. The Bertz CT molecular complexity index is 538. The van der Waals surface area contributed by atoms with Gasteiger partial charge in [-0.2, -0.15) is 4.31 Å². The molecule has 2 heterocycles. The molecule has 0 radical (unpaired) electrons. The zero-order valence-corrected chi connectivity index (χ0v) is 12.4. The second-order valence-electron chi connectivity index (χ2n) is 4.97. The fourth-order valence-corrected chi connectivity index (χ4v) is 4.25. The molecule has 1 unspecified atom stereocenters. The zero-order chi connectivity index (χ0) is 14.0. The normalized spacial score (nSPS) is 21.1. The van der Waals surface area contributed by atoms with Crippen molar-refractivity contribution < 1.29 is 8.42 Å². The Morgan fingerprint density at radius 3 is 2.89 bits per heavy atom. The topological polar surface area (TPSA) is 81.2 Å². The van der Waals surface area contributed by atoms with E-state index in [1.807, 2.05) is 11.5 Å². The van der Waals surface area contributed by atoms with Crippen LogP contribution in [0.2, 0.25) is 0 Å². The van der Waals surface area contributed by atoms with Gasteiger partial charge < -0.3 is 10.3 Å². The molecule has 1 aliphatic heterocycles. The molecular weight excluding hydrogens is 264 g/mol. The molecule has 0 aromatic carbocycles. The van der Waals surface area contributed by atoms with Gasteiger partial charge in [-0.05, 0) is 26.2 Å². The Kier molecular flexibility index (Phi) is 4.27. The van der Waals surface area contributed by atoms with E-state index < -0.39 is 10.0 Å². The number of hydrogen-bond acceptors (Lipinski definition) is 4. The highest BCUT2D eigenvalue weighted by Crippen LogP contribution is 2.25. The average Bonchev–Trinajstić information content (AvgIpc) is 2.97. The molecule has 1 aromatic heterocycles. The highest BCUT2D eigenvalue weighted by molar-refractivity contribution is 7.89. The maximum Gasteiger partial charge on any atom is 0.262 e. The minimum Gasteiger partial charge on any atom is -0.334 e. The van der Waals surface area contributed by atoms with Gasteiger partial charge in [0.15, 0.2) is 5.03 Å². The Hall–Kier alpha value is -0.920. The maximum atomic E-state index is 12.6. The number of aryl methyl sites for hydroxylation is 2. The Morgan fingerprint density at radius 2 is 2.26 bits per heavy atom. The van der Waals surface area contributed by atoms with Crippen LogP contribution in [0.1, 0.15) is 32.0 Å². The van der Waals surface area contributed by atoms with Crippen LogP contribution in [0.5, 0.6) is 0 Å². The first-order valence-corrected chi connectivity index (χ1v) is 8.20. The molecule has 1 fully saturated rings. The van der Waals surface area contributed by atoms with Crippen LogP contribution in [0.25, 0.3) is 0 Å². The van der Waals surface area contributed by atoms with Gasteiger partial charge in [-0.1, -0.05) is 6.92 Å². The third-order valence-electron chi connectivity index (χ3n) is 3.59. The van der Waals surface area contributed by atoms with Crippen LogP contribution in [-0.4, -0.2) is 41.4 Å². The summed E-state index contributed by atoms with van der Waals surface area (Å²) < 4.78 is 28.5. The number of sulfonamides is 1. The van der Waals surface area contributed by atoms with E-state index in [1.165, 1.54) is 4.31 Å². The fraction of sp³-hybridized carbons (Fsp3) is 0.750. The van der Waals surface area contributed by atoms with Crippen LogP contribution in [0, 0.1) is 6.92 Å². The second kappa shape index (κ2) is 5.60. The smallest absolute Gasteiger partial charge is 0.262 e. The molecule has 1 aromatic rings. The van der Waals surface area contributed by atoms with E-state index in [2.05, 4.69) is 11.9 Å². The van der Waals surface area contributed by atoms with Crippen LogP contribution in [0.3, 0.4) is 0 Å². The van der Waals surface area contributed by atoms with Gasteiger partial charge in [-0.25, -0.2) is 13.4 Å². The lowest BCUT2D eigenvalue weighted by atomic mass is 10.2. The second-order valence-corrected chi connectivity index (χ2v) is 6.80. The monoisotopic (exact) mass is 286 g/mol. The lowest BCUT2D eigenvalue weighted by molar-refractivity contribution is 0.391. The van der Waals surface area contributed by atoms with E-state index in [4.69, 9.17) is 5.73 Å². The zero-order valence-electron chi connectivity index (χ0n) is 11.5. The van der Waals surface area contributed by atoms with Gasteiger partial charge in [0, 0.05) is 31.9 Å². The highest BCUT2D eigenvalue weighted by atomic mass is 32.2.